The van der Waals surface area contributed by atoms with Gasteiger partial charge in [0, 0.05) is 23.6 Å². The van der Waals surface area contributed by atoms with Crippen LogP contribution < -0.4 is 5.32 Å². The summed E-state index contributed by atoms with van der Waals surface area (Å²) in [7, 11) is -3.55. The molecule has 0 spiro atoms. The molecule has 0 radical (unpaired) electrons. The lowest BCUT2D eigenvalue weighted by Gasteiger charge is -2.34. The molecule has 1 aliphatic heterocycles. The average Bonchev–Trinajstić information content (AvgIpc) is 2.70. The highest BCUT2D eigenvalue weighted by molar-refractivity contribution is 9.10. The minimum absolute atomic E-state index is 0.131. The zero-order chi connectivity index (χ0) is 21.0. The van der Waals surface area contributed by atoms with Gasteiger partial charge in [0.25, 0.3) is 5.91 Å². The SMILES string of the molecule is Cc1ccc(S(=O)(=O)N2CCCCC2CCNC(=O)c2cc(Br)ccc2Cl)cc1. The molecule has 0 aromatic heterocycles. The van der Waals surface area contributed by atoms with E-state index in [1.165, 1.54) is 0 Å². The number of carbonyl (C=O) groups is 1. The van der Waals surface area contributed by atoms with Crippen LogP contribution in [0.1, 0.15) is 41.6 Å². The van der Waals surface area contributed by atoms with E-state index in [0.29, 0.717) is 35.0 Å². The Kier molecular flexibility index (Phi) is 7.37. The lowest BCUT2D eigenvalue weighted by Crippen LogP contribution is -2.45. The Morgan fingerprint density at radius 3 is 2.66 bits per heavy atom. The van der Waals surface area contributed by atoms with Crippen molar-refractivity contribution in [1.82, 2.24) is 9.62 Å². The molecule has 1 aliphatic rings. The highest BCUT2D eigenvalue weighted by atomic mass is 79.9. The molecule has 1 saturated heterocycles. The molecule has 0 bridgehead atoms. The summed E-state index contributed by atoms with van der Waals surface area (Å²) >= 11 is 9.45. The first-order valence-electron chi connectivity index (χ1n) is 9.61. The van der Waals surface area contributed by atoms with Crippen molar-refractivity contribution < 1.29 is 13.2 Å². The maximum atomic E-state index is 13.1. The zero-order valence-corrected chi connectivity index (χ0v) is 19.4. The maximum Gasteiger partial charge on any atom is 0.252 e. The van der Waals surface area contributed by atoms with Gasteiger partial charge in [-0.25, -0.2) is 8.42 Å². The Morgan fingerprint density at radius 2 is 1.93 bits per heavy atom. The van der Waals surface area contributed by atoms with Crippen molar-refractivity contribution in [3.63, 3.8) is 0 Å². The Hall–Kier alpha value is -1.41. The van der Waals surface area contributed by atoms with E-state index in [-0.39, 0.29) is 11.9 Å². The molecule has 8 heteroatoms. The molecular weight excluding hydrogens is 476 g/mol. The van der Waals surface area contributed by atoms with Gasteiger partial charge >= 0.3 is 0 Å². The number of benzene rings is 2. The number of nitrogens with zero attached hydrogens (tertiary/aromatic N) is 1. The second kappa shape index (κ2) is 9.60. The number of sulfonamides is 1. The van der Waals surface area contributed by atoms with Crippen LogP contribution in [0, 0.1) is 6.92 Å². The van der Waals surface area contributed by atoms with Gasteiger partial charge in [-0.2, -0.15) is 4.31 Å². The maximum absolute atomic E-state index is 13.1. The fourth-order valence-corrected chi connectivity index (χ4v) is 5.83. The van der Waals surface area contributed by atoms with Crippen LogP contribution in [0.2, 0.25) is 5.02 Å². The first-order valence-corrected chi connectivity index (χ1v) is 12.2. The van der Waals surface area contributed by atoms with Gasteiger partial charge in [0.15, 0.2) is 0 Å². The van der Waals surface area contributed by atoms with Crippen LogP contribution in [-0.2, 0) is 10.0 Å². The zero-order valence-electron chi connectivity index (χ0n) is 16.2. The quantitative estimate of drug-likeness (QED) is 0.622. The number of rotatable bonds is 6. The van der Waals surface area contributed by atoms with E-state index in [9.17, 15) is 13.2 Å². The van der Waals surface area contributed by atoms with Crippen LogP contribution in [-0.4, -0.2) is 37.8 Å². The monoisotopic (exact) mass is 498 g/mol. The lowest BCUT2D eigenvalue weighted by molar-refractivity contribution is 0.0949. The average molecular weight is 500 g/mol. The number of piperidine rings is 1. The third-order valence-electron chi connectivity index (χ3n) is 5.14. The Labute approximate surface area is 185 Å². The molecule has 29 heavy (non-hydrogen) atoms. The van der Waals surface area contributed by atoms with E-state index in [2.05, 4.69) is 21.2 Å². The summed E-state index contributed by atoms with van der Waals surface area (Å²) in [5.74, 6) is -0.264. The molecule has 0 saturated carbocycles. The van der Waals surface area contributed by atoms with Crippen LogP contribution in [0.25, 0.3) is 0 Å². The summed E-state index contributed by atoms with van der Waals surface area (Å²) in [4.78, 5) is 12.8. The lowest BCUT2D eigenvalue weighted by atomic mass is 10.0. The van der Waals surface area contributed by atoms with Gasteiger partial charge in [-0.1, -0.05) is 51.6 Å². The number of nitrogens with one attached hydrogen (secondary N) is 1. The summed E-state index contributed by atoms with van der Waals surface area (Å²) in [6.45, 7) is 2.82. The van der Waals surface area contributed by atoms with Crippen LogP contribution in [0.4, 0.5) is 0 Å². The van der Waals surface area contributed by atoms with Gasteiger partial charge in [0.1, 0.15) is 0 Å². The number of halogens is 2. The van der Waals surface area contributed by atoms with Crippen molar-refractivity contribution in [1.29, 1.82) is 0 Å². The van der Waals surface area contributed by atoms with Crippen LogP contribution in [0.3, 0.4) is 0 Å². The number of aryl methyl sites for hydroxylation is 1. The van der Waals surface area contributed by atoms with Crippen LogP contribution >= 0.6 is 27.5 Å². The third-order valence-corrected chi connectivity index (χ3v) is 7.93. The van der Waals surface area contributed by atoms with Gasteiger partial charge < -0.3 is 5.32 Å². The minimum atomic E-state index is -3.55. The third kappa shape index (κ3) is 5.40. The summed E-state index contributed by atoms with van der Waals surface area (Å²) in [5.41, 5.74) is 1.42. The van der Waals surface area contributed by atoms with E-state index in [1.807, 2.05) is 19.1 Å². The molecule has 1 fully saturated rings. The summed E-state index contributed by atoms with van der Waals surface area (Å²) in [6, 6.07) is 11.9. The van der Waals surface area contributed by atoms with Gasteiger partial charge in [-0.3, -0.25) is 4.79 Å². The molecule has 0 aliphatic carbocycles. The second-order valence-corrected chi connectivity index (χ2v) is 10.5. The number of amides is 1. The largest absolute Gasteiger partial charge is 0.352 e. The molecular formula is C21H24BrClN2O3S. The van der Waals surface area contributed by atoms with E-state index in [0.717, 1.165) is 29.3 Å². The first-order chi connectivity index (χ1) is 13.8. The van der Waals surface area contributed by atoms with E-state index in [1.54, 1.807) is 34.6 Å². The van der Waals surface area contributed by atoms with Gasteiger partial charge in [0.05, 0.1) is 15.5 Å². The molecule has 1 heterocycles. The summed E-state index contributed by atoms with van der Waals surface area (Å²) in [5, 5.41) is 3.25. The molecule has 3 rings (SSSR count). The van der Waals surface area contributed by atoms with E-state index >= 15 is 0 Å². The van der Waals surface area contributed by atoms with Crippen molar-refractivity contribution in [3.8, 4) is 0 Å². The fourth-order valence-electron chi connectivity index (χ4n) is 3.54. The van der Waals surface area contributed by atoms with Gasteiger partial charge in [0.2, 0.25) is 10.0 Å². The topological polar surface area (TPSA) is 66.5 Å². The number of hydrogen-bond acceptors (Lipinski definition) is 3. The summed E-state index contributed by atoms with van der Waals surface area (Å²) in [6.07, 6.45) is 3.18. The predicted molar refractivity (Wildman–Crippen MR) is 119 cm³/mol. The molecule has 5 nitrogen and oxygen atoms in total. The smallest absolute Gasteiger partial charge is 0.252 e. The Balaban J connectivity index is 1.66. The molecule has 2 aromatic rings. The van der Waals surface area contributed by atoms with Crippen molar-refractivity contribution in [2.24, 2.45) is 0 Å². The molecule has 1 N–H and O–H groups in total. The Morgan fingerprint density at radius 1 is 1.21 bits per heavy atom. The van der Waals surface area contributed by atoms with Crippen LogP contribution in [0.15, 0.2) is 51.8 Å². The van der Waals surface area contributed by atoms with Crippen molar-refractivity contribution in [3.05, 3.63) is 63.1 Å². The number of carbonyl (C=O) groups excluding carboxylic acids is 1. The van der Waals surface area contributed by atoms with Crippen molar-refractivity contribution in [2.45, 2.75) is 43.5 Å². The van der Waals surface area contributed by atoms with Crippen molar-refractivity contribution in [2.75, 3.05) is 13.1 Å². The van der Waals surface area contributed by atoms with Gasteiger partial charge in [-0.15, -0.1) is 0 Å². The molecule has 1 atom stereocenters. The van der Waals surface area contributed by atoms with Crippen molar-refractivity contribution >= 4 is 43.5 Å². The second-order valence-electron chi connectivity index (χ2n) is 7.25. The molecule has 156 valence electrons. The predicted octanol–water partition coefficient (Wildman–Crippen LogP) is 4.77. The highest BCUT2D eigenvalue weighted by Crippen LogP contribution is 2.27. The van der Waals surface area contributed by atoms with Crippen LogP contribution in [0.5, 0.6) is 0 Å². The fraction of sp³-hybridized carbons (Fsp3) is 0.381. The van der Waals surface area contributed by atoms with E-state index in [4.69, 9.17) is 11.6 Å². The normalized spacial score (nSPS) is 17.8. The van der Waals surface area contributed by atoms with E-state index < -0.39 is 10.0 Å². The highest BCUT2D eigenvalue weighted by Gasteiger charge is 2.33. The number of hydrogen-bond donors (Lipinski definition) is 1. The summed E-state index contributed by atoms with van der Waals surface area (Å²) < 4.78 is 28.6. The minimum Gasteiger partial charge on any atom is -0.352 e. The first kappa shape index (κ1) is 22.3. The Bertz CT molecular complexity index is 980. The molecule has 1 amide bonds. The standard InChI is InChI=1S/C21H24BrClN2O3S/c1-15-5-8-18(9-6-15)29(27,28)25-13-3-2-4-17(25)11-12-24-21(26)19-14-16(22)7-10-20(19)23/h5-10,14,17H,2-4,11-13H2,1H3,(H,24,26). The molecule has 1 unspecified atom stereocenters. The molecule has 2 aromatic carbocycles. The van der Waals surface area contributed by atoms with Gasteiger partial charge in [-0.05, 0) is 56.5 Å².